The van der Waals surface area contributed by atoms with Crippen molar-refractivity contribution in [3.05, 3.63) is 29.8 Å². The average molecular weight is 220 g/mol. The Morgan fingerprint density at radius 2 is 2.25 bits per heavy atom. The summed E-state index contributed by atoms with van der Waals surface area (Å²) in [5.41, 5.74) is 4.19. The van der Waals surface area contributed by atoms with Crippen LogP contribution in [-0.4, -0.2) is 12.1 Å². The molecule has 0 aromatic heterocycles. The minimum absolute atomic E-state index is 0.164. The summed E-state index contributed by atoms with van der Waals surface area (Å²) in [5.74, 6) is 7.16. The molecule has 3 N–H and O–H groups in total. The van der Waals surface area contributed by atoms with Gasteiger partial charge in [0.15, 0.2) is 0 Å². The molecule has 3 nitrogen and oxygen atoms in total. The van der Waals surface area contributed by atoms with E-state index in [1.807, 2.05) is 12.1 Å². The Hall–Kier alpha value is -1.06. The van der Waals surface area contributed by atoms with Gasteiger partial charge in [-0.3, -0.25) is 11.3 Å². The molecule has 0 aliphatic carbocycles. The van der Waals surface area contributed by atoms with Crippen LogP contribution >= 0.6 is 0 Å². The van der Waals surface area contributed by atoms with Crippen molar-refractivity contribution in [2.75, 3.05) is 0 Å². The van der Waals surface area contributed by atoms with Crippen molar-refractivity contribution >= 4 is 0 Å². The average Bonchev–Trinajstić information content (AvgIpc) is 2.72. The summed E-state index contributed by atoms with van der Waals surface area (Å²) >= 11 is 0. The van der Waals surface area contributed by atoms with E-state index >= 15 is 0 Å². The molecule has 0 saturated carbocycles. The van der Waals surface area contributed by atoms with E-state index in [0.717, 1.165) is 18.6 Å². The zero-order chi connectivity index (χ0) is 11.5. The van der Waals surface area contributed by atoms with E-state index in [9.17, 15) is 0 Å². The SMILES string of the molecule is CCC(C)C(NN)C1Cc2ccccc2O1. The molecule has 1 aromatic rings. The van der Waals surface area contributed by atoms with Gasteiger partial charge in [0, 0.05) is 6.42 Å². The second-order valence-corrected chi connectivity index (χ2v) is 4.55. The van der Waals surface area contributed by atoms with Crippen molar-refractivity contribution in [1.82, 2.24) is 5.43 Å². The number of benzene rings is 1. The second-order valence-electron chi connectivity index (χ2n) is 4.55. The summed E-state index contributed by atoms with van der Waals surface area (Å²) in [6.07, 6.45) is 2.22. The Labute approximate surface area is 97.0 Å². The van der Waals surface area contributed by atoms with Crippen molar-refractivity contribution in [3.63, 3.8) is 0 Å². The highest BCUT2D eigenvalue weighted by atomic mass is 16.5. The van der Waals surface area contributed by atoms with Crippen molar-refractivity contribution in [1.29, 1.82) is 0 Å². The van der Waals surface area contributed by atoms with Gasteiger partial charge in [-0.25, -0.2) is 0 Å². The van der Waals surface area contributed by atoms with E-state index in [1.165, 1.54) is 5.56 Å². The first-order chi connectivity index (χ1) is 7.76. The quantitative estimate of drug-likeness (QED) is 0.601. The standard InChI is InChI=1S/C13H20N2O/c1-3-9(2)13(15-14)12-8-10-6-4-5-7-11(10)16-12/h4-7,9,12-13,15H,3,8,14H2,1-2H3. The van der Waals surface area contributed by atoms with Gasteiger partial charge < -0.3 is 4.74 Å². The molecule has 2 rings (SSSR count). The number of ether oxygens (including phenoxy) is 1. The van der Waals surface area contributed by atoms with E-state index in [4.69, 9.17) is 10.6 Å². The van der Waals surface area contributed by atoms with Crippen molar-refractivity contribution in [3.8, 4) is 5.75 Å². The van der Waals surface area contributed by atoms with Gasteiger partial charge in [0.2, 0.25) is 0 Å². The molecule has 1 aliphatic heterocycles. The van der Waals surface area contributed by atoms with Crippen LogP contribution in [0.4, 0.5) is 0 Å². The van der Waals surface area contributed by atoms with Crippen molar-refractivity contribution in [2.45, 2.75) is 38.8 Å². The lowest BCUT2D eigenvalue weighted by atomic mass is 9.92. The molecule has 0 bridgehead atoms. The van der Waals surface area contributed by atoms with E-state index in [1.54, 1.807) is 0 Å². The predicted molar refractivity (Wildman–Crippen MR) is 65.1 cm³/mol. The zero-order valence-electron chi connectivity index (χ0n) is 9.94. The van der Waals surface area contributed by atoms with Crippen molar-refractivity contribution < 1.29 is 4.74 Å². The summed E-state index contributed by atoms with van der Waals surface area (Å²) in [4.78, 5) is 0. The van der Waals surface area contributed by atoms with Gasteiger partial charge in [-0.05, 0) is 17.5 Å². The number of nitrogens with one attached hydrogen (secondary N) is 1. The third kappa shape index (κ3) is 2.06. The minimum Gasteiger partial charge on any atom is -0.488 e. The van der Waals surface area contributed by atoms with Crippen LogP contribution in [0.3, 0.4) is 0 Å². The van der Waals surface area contributed by atoms with Gasteiger partial charge in [-0.1, -0.05) is 38.5 Å². The Morgan fingerprint density at radius 3 is 2.88 bits per heavy atom. The molecular formula is C13H20N2O. The fourth-order valence-electron chi connectivity index (χ4n) is 2.30. The van der Waals surface area contributed by atoms with Crippen LogP contribution in [0.2, 0.25) is 0 Å². The van der Waals surface area contributed by atoms with E-state index in [-0.39, 0.29) is 12.1 Å². The molecule has 16 heavy (non-hydrogen) atoms. The van der Waals surface area contributed by atoms with Gasteiger partial charge >= 0.3 is 0 Å². The summed E-state index contributed by atoms with van der Waals surface area (Å²) in [6.45, 7) is 4.38. The molecule has 3 heteroatoms. The molecule has 1 aromatic carbocycles. The lowest BCUT2D eigenvalue weighted by Crippen LogP contribution is -2.49. The number of fused-ring (bicyclic) bond motifs is 1. The first-order valence-corrected chi connectivity index (χ1v) is 5.97. The molecule has 0 radical (unpaired) electrons. The predicted octanol–water partition coefficient (Wildman–Crippen LogP) is 1.87. The van der Waals surface area contributed by atoms with Crippen LogP contribution < -0.4 is 16.0 Å². The Kier molecular flexibility index (Phi) is 3.46. The number of hydrogen-bond acceptors (Lipinski definition) is 3. The highest BCUT2D eigenvalue weighted by Crippen LogP contribution is 2.31. The number of hydrazine groups is 1. The minimum atomic E-state index is 0.164. The van der Waals surface area contributed by atoms with Gasteiger partial charge in [0.25, 0.3) is 0 Å². The normalized spacial score (nSPS) is 22.3. The molecular weight excluding hydrogens is 200 g/mol. The van der Waals surface area contributed by atoms with Crippen molar-refractivity contribution in [2.24, 2.45) is 11.8 Å². The highest BCUT2D eigenvalue weighted by Gasteiger charge is 2.32. The molecule has 1 heterocycles. The summed E-state index contributed by atoms with van der Waals surface area (Å²) < 4.78 is 5.94. The molecule has 0 fully saturated rings. The summed E-state index contributed by atoms with van der Waals surface area (Å²) in [5, 5.41) is 0. The molecule has 3 atom stereocenters. The van der Waals surface area contributed by atoms with Crippen LogP contribution in [0.15, 0.2) is 24.3 Å². The first kappa shape index (κ1) is 11.4. The highest BCUT2D eigenvalue weighted by molar-refractivity contribution is 5.37. The lowest BCUT2D eigenvalue weighted by molar-refractivity contribution is 0.144. The zero-order valence-corrected chi connectivity index (χ0v) is 9.94. The van der Waals surface area contributed by atoms with Crippen LogP contribution in [-0.2, 0) is 6.42 Å². The van der Waals surface area contributed by atoms with Gasteiger partial charge in [-0.15, -0.1) is 0 Å². The second kappa shape index (κ2) is 4.85. The Bertz CT molecular complexity index is 329. The largest absolute Gasteiger partial charge is 0.488 e. The molecule has 3 unspecified atom stereocenters. The van der Waals surface area contributed by atoms with Gasteiger partial charge in [0.05, 0.1) is 6.04 Å². The summed E-state index contributed by atoms with van der Waals surface area (Å²) in [6, 6.07) is 8.44. The topological polar surface area (TPSA) is 47.3 Å². The van der Waals surface area contributed by atoms with E-state index in [2.05, 4.69) is 31.4 Å². The lowest BCUT2D eigenvalue weighted by Gasteiger charge is -2.27. The fourth-order valence-corrected chi connectivity index (χ4v) is 2.30. The number of para-hydroxylation sites is 1. The first-order valence-electron chi connectivity index (χ1n) is 5.97. The fraction of sp³-hybridized carbons (Fsp3) is 0.538. The van der Waals surface area contributed by atoms with Crippen LogP contribution in [0.1, 0.15) is 25.8 Å². The maximum absolute atomic E-state index is 5.94. The molecule has 0 spiro atoms. The Morgan fingerprint density at radius 1 is 1.50 bits per heavy atom. The van der Waals surface area contributed by atoms with Crippen LogP contribution in [0, 0.1) is 5.92 Å². The maximum Gasteiger partial charge on any atom is 0.123 e. The number of rotatable bonds is 4. The third-order valence-corrected chi connectivity index (χ3v) is 3.52. The van der Waals surface area contributed by atoms with E-state index < -0.39 is 0 Å². The summed E-state index contributed by atoms with van der Waals surface area (Å²) in [7, 11) is 0. The smallest absolute Gasteiger partial charge is 0.123 e. The van der Waals surface area contributed by atoms with Crippen LogP contribution in [0.5, 0.6) is 5.75 Å². The van der Waals surface area contributed by atoms with Gasteiger partial charge in [0.1, 0.15) is 11.9 Å². The van der Waals surface area contributed by atoms with Gasteiger partial charge in [-0.2, -0.15) is 0 Å². The maximum atomic E-state index is 5.94. The monoisotopic (exact) mass is 220 g/mol. The van der Waals surface area contributed by atoms with Crippen LogP contribution in [0.25, 0.3) is 0 Å². The Balaban J connectivity index is 2.09. The molecule has 0 amide bonds. The number of nitrogens with two attached hydrogens (primary N) is 1. The number of hydrogen-bond donors (Lipinski definition) is 2. The van der Waals surface area contributed by atoms with E-state index in [0.29, 0.717) is 5.92 Å². The third-order valence-electron chi connectivity index (χ3n) is 3.52. The molecule has 88 valence electrons. The molecule has 1 aliphatic rings. The molecule has 0 saturated heterocycles.